The zero-order chi connectivity index (χ0) is 28.6. The zero-order valence-corrected chi connectivity index (χ0v) is 24.5. The number of fused-ring (bicyclic) bond motifs is 1. The van der Waals surface area contributed by atoms with Gasteiger partial charge in [-0.05, 0) is 71.7 Å². The number of pyridine rings is 1. The molecule has 1 saturated heterocycles. The second kappa shape index (κ2) is 11.3. The van der Waals surface area contributed by atoms with Crippen molar-refractivity contribution in [2.75, 3.05) is 37.6 Å². The Morgan fingerprint density at radius 2 is 1.85 bits per heavy atom. The first-order valence-electron chi connectivity index (χ1n) is 14.4. The maximum Gasteiger partial charge on any atom is 0.339 e. The summed E-state index contributed by atoms with van der Waals surface area (Å²) in [5.41, 5.74) is 7.74. The number of allylic oxidation sites excluding steroid dienone is 2. The minimum Gasteiger partial charge on any atom is -0.478 e. The van der Waals surface area contributed by atoms with Crippen molar-refractivity contribution >= 4 is 34.9 Å². The highest BCUT2D eigenvalue weighted by Gasteiger charge is 2.29. The lowest BCUT2D eigenvalue weighted by molar-refractivity contribution is 0.0694. The smallest absolute Gasteiger partial charge is 0.339 e. The third-order valence-corrected chi connectivity index (χ3v) is 8.79. The number of aromatic nitrogens is 1. The van der Waals surface area contributed by atoms with Crippen LogP contribution in [0.3, 0.4) is 0 Å². The summed E-state index contributed by atoms with van der Waals surface area (Å²) in [5, 5.41) is 10.6. The summed E-state index contributed by atoms with van der Waals surface area (Å²) < 4.78 is 6.10. The van der Waals surface area contributed by atoms with Gasteiger partial charge in [0, 0.05) is 55.9 Å². The maximum atomic E-state index is 12.0. The fourth-order valence-electron chi connectivity index (χ4n) is 6.15. The fourth-order valence-corrected chi connectivity index (χ4v) is 6.28. The van der Waals surface area contributed by atoms with Gasteiger partial charge in [0.05, 0.1) is 11.9 Å². The number of carboxylic acids is 1. The number of aromatic carboxylic acids is 1. The number of halogens is 1. The summed E-state index contributed by atoms with van der Waals surface area (Å²) in [6.45, 7) is 9.33. The van der Waals surface area contributed by atoms with Gasteiger partial charge in [0.25, 0.3) is 0 Å². The number of nitrogens with zero attached hydrogens (tertiary/aromatic N) is 3. The van der Waals surface area contributed by atoms with Crippen molar-refractivity contribution in [1.82, 2.24) is 9.88 Å². The van der Waals surface area contributed by atoms with Gasteiger partial charge >= 0.3 is 5.97 Å². The van der Waals surface area contributed by atoms with Crippen molar-refractivity contribution in [3.8, 4) is 11.5 Å². The molecule has 2 aromatic carbocycles. The highest BCUT2D eigenvalue weighted by atomic mass is 35.5. The third-order valence-electron chi connectivity index (χ3n) is 8.54. The summed E-state index contributed by atoms with van der Waals surface area (Å²) in [6.07, 6.45) is 9.97. The van der Waals surface area contributed by atoms with Crippen LogP contribution in [0.2, 0.25) is 5.02 Å². The highest BCUT2D eigenvalue weighted by Crippen LogP contribution is 2.43. The van der Waals surface area contributed by atoms with E-state index < -0.39 is 5.97 Å². The van der Waals surface area contributed by atoms with Crippen LogP contribution in [-0.2, 0) is 6.42 Å². The lowest BCUT2D eigenvalue weighted by atomic mass is 9.72. The van der Waals surface area contributed by atoms with Crippen LogP contribution >= 0.6 is 11.6 Å². The lowest BCUT2D eigenvalue weighted by Crippen LogP contribution is -2.47. The Balaban J connectivity index is 1.16. The zero-order valence-electron chi connectivity index (χ0n) is 23.7. The summed E-state index contributed by atoms with van der Waals surface area (Å²) in [4.78, 5) is 21.3. The summed E-state index contributed by atoms with van der Waals surface area (Å²) in [6, 6.07) is 15.6. The molecule has 2 heterocycles. The molecule has 1 N–H and O–H groups in total. The van der Waals surface area contributed by atoms with Crippen LogP contribution in [0.4, 0.5) is 5.69 Å². The summed E-state index contributed by atoms with van der Waals surface area (Å²) >= 11 is 6.19. The van der Waals surface area contributed by atoms with Crippen LogP contribution in [0.15, 0.2) is 66.4 Å². The van der Waals surface area contributed by atoms with Crippen molar-refractivity contribution in [2.24, 2.45) is 5.41 Å². The summed E-state index contributed by atoms with van der Waals surface area (Å²) in [5.74, 6) is -0.130. The number of hydrogen-bond donors (Lipinski definition) is 1. The monoisotopic (exact) mass is 569 g/mol. The number of piperazine rings is 1. The highest BCUT2D eigenvalue weighted by molar-refractivity contribution is 6.30. The molecule has 41 heavy (non-hydrogen) atoms. The number of ether oxygens (including phenoxy) is 1. The average molecular weight is 570 g/mol. The van der Waals surface area contributed by atoms with Crippen LogP contribution in [0.25, 0.3) is 11.6 Å². The van der Waals surface area contributed by atoms with E-state index in [-0.39, 0.29) is 5.56 Å². The van der Waals surface area contributed by atoms with E-state index in [4.69, 9.17) is 16.3 Å². The molecule has 0 bridgehead atoms. The van der Waals surface area contributed by atoms with Gasteiger partial charge in [0.1, 0.15) is 17.1 Å². The topological polar surface area (TPSA) is 65.9 Å². The number of anilines is 1. The Bertz CT molecular complexity index is 1520. The Kier molecular flexibility index (Phi) is 7.62. The number of carboxylic acid groups (broad SMARTS) is 1. The fraction of sp³-hybridized carbons (Fsp3) is 0.353. The molecule has 3 aromatic rings. The average Bonchev–Trinajstić information content (AvgIpc) is 3.43. The minimum absolute atomic E-state index is 0.144. The van der Waals surface area contributed by atoms with Crippen LogP contribution < -0.4 is 9.64 Å². The largest absolute Gasteiger partial charge is 0.478 e. The molecule has 7 heteroatoms. The first-order chi connectivity index (χ1) is 19.7. The third kappa shape index (κ3) is 6.19. The predicted molar refractivity (Wildman–Crippen MR) is 165 cm³/mol. The van der Waals surface area contributed by atoms with Gasteiger partial charge in [0.2, 0.25) is 0 Å². The first kappa shape index (κ1) is 27.6. The molecule has 1 aromatic heterocycles. The van der Waals surface area contributed by atoms with Crippen molar-refractivity contribution in [3.63, 3.8) is 0 Å². The molecule has 3 aliphatic rings. The number of benzene rings is 2. The normalized spacial score (nSPS) is 18.5. The first-order valence-corrected chi connectivity index (χ1v) is 14.8. The molecule has 212 valence electrons. The molecule has 0 radical (unpaired) electrons. The molecule has 6 nitrogen and oxygen atoms in total. The second-order valence-corrected chi connectivity index (χ2v) is 12.5. The lowest BCUT2D eigenvalue weighted by Gasteiger charge is -2.39. The summed E-state index contributed by atoms with van der Waals surface area (Å²) in [7, 11) is 0. The van der Waals surface area contributed by atoms with Gasteiger partial charge in [-0.25, -0.2) is 4.79 Å². The number of carbonyl (C=O) groups is 1. The molecular weight excluding hydrogens is 534 g/mol. The Morgan fingerprint density at radius 1 is 1.07 bits per heavy atom. The molecule has 0 saturated carbocycles. The Morgan fingerprint density at radius 3 is 2.61 bits per heavy atom. The van der Waals surface area contributed by atoms with Crippen molar-refractivity contribution in [3.05, 3.63) is 93.8 Å². The van der Waals surface area contributed by atoms with Crippen LogP contribution in [-0.4, -0.2) is 53.7 Å². The van der Waals surface area contributed by atoms with Crippen LogP contribution in [0, 0.1) is 5.41 Å². The van der Waals surface area contributed by atoms with E-state index in [1.807, 2.05) is 36.4 Å². The second-order valence-electron chi connectivity index (χ2n) is 12.1. The minimum atomic E-state index is -1.01. The van der Waals surface area contributed by atoms with Gasteiger partial charge in [-0.1, -0.05) is 55.3 Å². The van der Waals surface area contributed by atoms with Gasteiger partial charge in [-0.3, -0.25) is 9.88 Å². The standard InChI is InChI=1S/C34H36ClN3O3/c1-34(2)13-12-25(30(20-34)23-6-8-26(35)9-7-23)22-37-14-16-38(17-15-37)27-10-11-29(33(39)40)32(19-27)41-28-18-24-4-3-5-31(24)36-21-28/h3-4,6-11,18-19,21H,5,12-17,20,22H2,1-2H3,(H,39,40). The van der Waals surface area contributed by atoms with Crippen molar-refractivity contribution in [2.45, 2.75) is 39.5 Å². The molecule has 0 atom stereocenters. The van der Waals surface area contributed by atoms with Crippen LogP contribution in [0.1, 0.15) is 60.3 Å². The van der Waals surface area contributed by atoms with E-state index in [0.29, 0.717) is 16.9 Å². The quantitative estimate of drug-likeness (QED) is 0.316. The molecule has 1 aliphatic heterocycles. The van der Waals surface area contributed by atoms with E-state index in [9.17, 15) is 9.90 Å². The molecule has 2 aliphatic carbocycles. The van der Waals surface area contributed by atoms with Gasteiger partial charge < -0.3 is 14.7 Å². The Hall–Kier alpha value is -3.61. The predicted octanol–water partition coefficient (Wildman–Crippen LogP) is 7.58. The number of hydrogen-bond acceptors (Lipinski definition) is 5. The number of rotatable bonds is 7. The molecule has 0 spiro atoms. The molecular formula is C34H36ClN3O3. The van der Waals surface area contributed by atoms with Crippen LogP contribution in [0.5, 0.6) is 11.5 Å². The van der Waals surface area contributed by atoms with E-state index in [1.54, 1.807) is 17.8 Å². The molecule has 0 unspecified atom stereocenters. The van der Waals surface area contributed by atoms with E-state index in [2.05, 4.69) is 46.8 Å². The van der Waals surface area contributed by atoms with Gasteiger partial charge in [-0.15, -0.1) is 0 Å². The van der Waals surface area contributed by atoms with E-state index in [1.165, 1.54) is 17.6 Å². The van der Waals surface area contributed by atoms with E-state index in [0.717, 1.165) is 74.0 Å². The Labute approximate surface area is 246 Å². The molecule has 6 rings (SSSR count). The van der Waals surface area contributed by atoms with E-state index >= 15 is 0 Å². The molecule has 0 amide bonds. The maximum absolute atomic E-state index is 12.0. The molecule has 1 fully saturated rings. The van der Waals surface area contributed by atoms with Crippen molar-refractivity contribution < 1.29 is 14.6 Å². The van der Waals surface area contributed by atoms with Gasteiger partial charge in [-0.2, -0.15) is 0 Å². The SMILES string of the molecule is CC1(C)CCC(CN2CCN(c3ccc(C(=O)O)c(Oc4cnc5c(c4)C=CC5)c3)CC2)=C(c2ccc(Cl)cc2)C1. The van der Waals surface area contributed by atoms with Crippen molar-refractivity contribution in [1.29, 1.82) is 0 Å². The van der Waals surface area contributed by atoms with Gasteiger partial charge in [0.15, 0.2) is 0 Å².